The van der Waals surface area contributed by atoms with Gasteiger partial charge in [-0.2, -0.15) is 0 Å². The standard InChI is InChI=1S/C23H30O4/c1-13(24)18-12-19-15(11-21(18)26-4)5-6-17-16(19)9-10-23(3)20(17)7-8-22(23)27-14(2)25/h11-12,16-17,20,22H,5-10H2,1-4H3/t16-,17-,20+,22+,23+/m1/s1. The van der Waals surface area contributed by atoms with E-state index in [1.54, 1.807) is 14.0 Å². The van der Waals surface area contributed by atoms with Crippen LogP contribution in [0.3, 0.4) is 0 Å². The van der Waals surface area contributed by atoms with Crippen molar-refractivity contribution in [2.24, 2.45) is 17.3 Å². The molecule has 0 saturated heterocycles. The molecule has 4 heteroatoms. The zero-order valence-corrected chi connectivity index (χ0v) is 16.8. The van der Waals surface area contributed by atoms with Crippen LogP contribution in [0, 0.1) is 17.3 Å². The number of methoxy groups -OCH3 is 1. The molecule has 3 aliphatic carbocycles. The van der Waals surface area contributed by atoms with Gasteiger partial charge in [0, 0.05) is 12.3 Å². The predicted molar refractivity (Wildman–Crippen MR) is 103 cm³/mol. The molecule has 3 aliphatic rings. The summed E-state index contributed by atoms with van der Waals surface area (Å²) < 4.78 is 11.2. The first-order chi connectivity index (χ1) is 12.8. The molecule has 0 amide bonds. The van der Waals surface area contributed by atoms with Gasteiger partial charge in [0.05, 0.1) is 12.7 Å². The fourth-order valence-electron chi connectivity index (χ4n) is 6.39. The van der Waals surface area contributed by atoms with Crippen LogP contribution in [0.2, 0.25) is 0 Å². The zero-order valence-electron chi connectivity index (χ0n) is 16.8. The van der Waals surface area contributed by atoms with Crippen molar-refractivity contribution in [2.45, 2.75) is 71.3 Å². The van der Waals surface area contributed by atoms with Crippen LogP contribution in [0.5, 0.6) is 5.75 Å². The molecule has 5 atom stereocenters. The van der Waals surface area contributed by atoms with Crippen LogP contribution < -0.4 is 4.74 Å². The van der Waals surface area contributed by atoms with E-state index < -0.39 is 0 Å². The smallest absolute Gasteiger partial charge is 0.302 e. The minimum atomic E-state index is -0.156. The molecule has 2 saturated carbocycles. The third-order valence-corrected chi connectivity index (χ3v) is 7.65. The van der Waals surface area contributed by atoms with Crippen molar-refractivity contribution in [3.8, 4) is 5.75 Å². The first kappa shape index (κ1) is 18.5. The highest BCUT2D eigenvalue weighted by atomic mass is 16.5. The van der Waals surface area contributed by atoms with Gasteiger partial charge in [0.25, 0.3) is 0 Å². The van der Waals surface area contributed by atoms with Gasteiger partial charge in [0.2, 0.25) is 0 Å². The van der Waals surface area contributed by atoms with Gasteiger partial charge in [-0.05, 0) is 86.5 Å². The molecule has 0 heterocycles. The molecule has 1 aromatic rings. The molecule has 4 rings (SSSR count). The molecule has 0 aromatic heterocycles. The van der Waals surface area contributed by atoms with Crippen molar-refractivity contribution in [1.29, 1.82) is 0 Å². The summed E-state index contributed by atoms with van der Waals surface area (Å²) in [6.07, 6.45) is 6.58. The van der Waals surface area contributed by atoms with E-state index in [4.69, 9.17) is 9.47 Å². The Morgan fingerprint density at radius 1 is 1.11 bits per heavy atom. The number of ketones is 1. The molecule has 4 nitrogen and oxygen atoms in total. The van der Waals surface area contributed by atoms with E-state index >= 15 is 0 Å². The maximum atomic E-state index is 12.1. The average molecular weight is 370 g/mol. The van der Waals surface area contributed by atoms with E-state index in [1.807, 2.05) is 0 Å². The van der Waals surface area contributed by atoms with E-state index in [0.717, 1.165) is 32.1 Å². The Hall–Kier alpha value is -1.84. The van der Waals surface area contributed by atoms with Crippen LogP contribution >= 0.6 is 0 Å². The van der Waals surface area contributed by atoms with E-state index in [9.17, 15) is 9.59 Å². The number of hydrogen-bond acceptors (Lipinski definition) is 4. The summed E-state index contributed by atoms with van der Waals surface area (Å²) in [6, 6.07) is 4.20. The van der Waals surface area contributed by atoms with Gasteiger partial charge >= 0.3 is 5.97 Å². The molecule has 0 unspecified atom stereocenters. The molecule has 0 N–H and O–H groups in total. The minimum Gasteiger partial charge on any atom is -0.496 e. The molecule has 0 bridgehead atoms. The van der Waals surface area contributed by atoms with Crippen LogP contribution in [-0.4, -0.2) is 25.0 Å². The lowest BCUT2D eigenvalue weighted by molar-refractivity contribution is -0.154. The average Bonchev–Trinajstić information content (AvgIpc) is 2.96. The Kier molecular flexibility index (Phi) is 4.56. The summed E-state index contributed by atoms with van der Waals surface area (Å²) in [5.74, 6) is 2.33. The SMILES string of the molecule is COc1cc2c(cc1C(C)=O)[C@@H]1CC[C@]3(C)[C@@H](OC(C)=O)CC[C@H]3[C@@H]1CC2. The second kappa shape index (κ2) is 6.65. The third kappa shape index (κ3) is 2.88. The lowest BCUT2D eigenvalue weighted by Gasteiger charge is -2.50. The summed E-state index contributed by atoms with van der Waals surface area (Å²) in [6.45, 7) is 5.47. The molecule has 0 radical (unpaired) electrons. The summed E-state index contributed by atoms with van der Waals surface area (Å²) >= 11 is 0. The van der Waals surface area contributed by atoms with Crippen LogP contribution in [-0.2, 0) is 16.0 Å². The molecule has 146 valence electrons. The fraction of sp³-hybridized carbons (Fsp3) is 0.652. The van der Waals surface area contributed by atoms with Gasteiger partial charge in [-0.25, -0.2) is 0 Å². The Morgan fingerprint density at radius 3 is 2.56 bits per heavy atom. The van der Waals surface area contributed by atoms with Crippen LogP contribution in [0.15, 0.2) is 12.1 Å². The number of esters is 1. The van der Waals surface area contributed by atoms with Gasteiger partial charge in [0.1, 0.15) is 11.9 Å². The highest BCUT2D eigenvalue weighted by Gasteiger charge is 2.56. The summed E-state index contributed by atoms with van der Waals surface area (Å²) in [5.41, 5.74) is 3.50. The number of benzene rings is 1. The van der Waals surface area contributed by atoms with E-state index in [0.29, 0.717) is 29.1 Å². The molecular formula is C23H30O4. The summed E-state index contributed by atoms with van der Waals surface area (Å²) in [7, 11) is 1.64. The number of carbonyl (C=O) groups excluding carboxylic acids is 2. The predicted octanol–water partition coefficient (Wildman–Crippen LogP) is 4.69. The zero-order chi connectivity index (χ0) is 19.3. The summed E-state index contributed by atoms with van der Waals surface area (Å²) in [5, 5.41) is 0. The van der Waals surface area contributed by atoms with Crippen molar-refractivity contribution in [2.75, 3.05) is 7.11 Å². The Labute approximate surface area is 161 Å². The Balaban J connectivity index is 1.67. The van der Waals surface area contributed by atoms with Crippen molar-refractivity contribution < 1.29 is 19.1 Å². The number of hydrogen-bond donors (Lipinski definition) is 0. The van der Waals surface area contributed by atoms with Crippen LogP contribution in [0.1, 0.15) is 80.3 Å². The lowest BCUT2D eigenvalue weighted by atomic mass is 9.55. The highest BCUT2D eigenvalue weighted by Crippen LogP contribution is 2.61. The van der Waals surface area contributed by atoms with Gasteiger partial charge in [0.15, 0.2) is 5.78 Å². The van der Waals surface area contributed by atoms with E-state index in [-0.39, 0.29) is 23.3 Å². The monoisotopic (exact) mass is 370 g/mol. The van der Waals surface area contributed by atoms with Gasteiger partial charge < -0.3 is 9.47 Å². The second-order valence-electron chi connectivity index (χ2n) is 8.94. The number of ether oxygens (including phenoxy) is 2. The maximum Gasteiger partial charge on any atom is 0.302 e. The number of fused-ring (bicyclic) bond motifs is 5. The third-order valence-electron chi connectivity index (χ3n) is 7.65. The molecule has 0 aliphatic heterocycles. The number of aryl methyl sites for hydroxylation is 1. The van der Waals surface area contributed by atoms with Crippen molar-refractivity contribution >= 4 is 11.8 Å². The Morgan fingerprint density at radius 2 is 1.89 bits per heavy atom. The van der Waals surface area contributed by atoms with Crippen molar-refractivity contribution in [3.05, 3.63) is 28.8 Å². The molecule has 2 fully saturated rings. The van der Waals surface area contributed by atoms with E-state index in [1.165, 1.54) is 24.5 Å². The molecule has 0 spiro atoms. The van der Waals surface area contributed by atoms with Gasteiger partial charge in [-0.1, -0.05) is 6.92 Å². The first-order valence-electron chi connectivity index (χ1n) is 10.2. The maximum absolute atomic E-state index is 12.1. The van der Waals surface area contributed by atoms with Gasteiger partial charge in [-0.3, -0.25) is 9.59 Å². The molecule has 27 heavy (non-hydrogen) atoms. The first-order valence-corrected chi connectivity index (χ1v) is 10.2. The van der Waals surface area contributed by atoms with E-state index in [2.05, 4.69) is 19.1 Å². The molecular weight excluding hydrogens is 340 g/mol. The summed E-state index contributed by atoms with van der Waals surface area (Å²) in [4.78, 5) is 23.7. The molecule has 1 aromatic carbocycles. The fourth-order valence-corrected chi connectivity index (χ4v) is 6.39. The second-order valence-corrected chi connectivity index (χ2v) is 8.94. The number of rotatable bonds is 3. The largest absolute Gasteiger partial charge is 0.496 e. The number of carbonyl (C=O) groups is 2. The van der Waals surface area contributed by atoms with Gasteiger partial charge in [-0.15, -0.1) is 0 Å². The van der Waals surface area contributed by atoms with Crippen LogP contribution in [0.4, 0.5) is 0 Å². The topological polar surface area (TPSA) is 52.6 Å². The van der Waals surface area contributed by atoms with Crippen molar-refractivity contribution in [1.82, 2.24) is 0 Å². The Bertz CT molecular complexity index is 783. The lowest BCUT2D eigenvalue weighted by Crippen LogP contribution is -2.45. The minimum absolute atomic E-state index is 0.0611. The van der Waals surface area contributed by atoms with Crippen molar-refractivity contribution in [3.63, 3.8) is 0 Å². The highest BCUT2D eigenvalue weighted by molar-refractivity contribution is 5.97. The quantitative estimate of drug-likeness (QED) is 0.572. The van der Waals surface area contributed by atoms with Crippen LogP contribution in [0.25, 0.3) is 0 Å². The normalized spacial score (nSPS) is 34.2. The number of Topliss-reactive ketones (excluding diaryl/α,β-unsaturated/α-hetero) is 1.